The molecule has 25 heavy (non-hydrogen) atoms. The van der Waals surface area contributed by atoms with E-state index in [4.69, 9.17) is 20.5 Å². The first-order valence-corrected chi connectivity index (χ1v) is 11.4. The Morgan fingerprint density at radius 3 is 2.72 bits per heavy atom. The van der Waals surface area contributed by atoms with E-state index in [-0.39, 0.29) is 17.1 Å². The van der Waals surface area contributed by atoms with Gasteiger partial charge in [-0.05, 0) is 38.3 Å². The van der Waals surface area contributed by atoms with Crippen molar-refractivity contribution in [3.05, 3.63) is 23.2 Å². The van der Waals surface area contributed by atoms with Gasteiger partial charge in [-0.2, -0.15) is 0 Å². The van der Waals surface area contributed by atoms with E-state index in [1.807, 2.05) is 6.07 Å². The maximum absolute atomic E-state index is 6.29. The fraction of sp³-hybridized carbons (Fsp3) is 0.667. The topological polar surface area (TPSA) is 49.2 Å². The van der Waals surface area contributed by atoms with Crippen LogP contribution in [0.4, 0.5) is 0 Å². The molecule has 2 aromatic rings. The molecule has 2 atom stereocenters. The van der Waals surface area contributed by atoms with Crippen LogP contribution >= 0.6 is 21.9 Å². The molecule has 0 saturated carbocycles. The van der Waals surface area contributed by atoms with Gasteiger partial charge in [0, 0.05) is 10.4 Å². The van der Waals surface area contributed by atoms with Gasteiger partial charge < -0.3 is 13.5 Å². The lowest BCUT2D eigenvalue weighted by Gasteiger charge is -2.44. The van der Waals surface area contributed by atoms with Crippen LogP contribution in [0.3, 0.4) is 0 Å². The van der Waals surface area contributed by atoms with Gasteiger partial charge in [0.05, 0.1) is 18.1 Å². The molecule has 140 valence electrons. The standard InChI is InChI=1S/C18H28ClN3O2S/c1-12-9-14-16(19)20-11-21-17(14)22(12)15-8-7-13(24-15)10-23-25(5,6)18(2,3)4/h9,11,13,15H,7-8,10H2,1-6H3. The van der Waals surface area contributed by atoms with Crippen LogP contribution in [-0.2, 0) is 8.92 Å². The zero-order valence-electron chi connectivity index (χ0n) is 15.9. The Morgan fingerprint density at radius 1 is 1.32 bits per heavy atom. The van der Waals surface area contributed by atoms with Crippen molar-refractivity contribution in [1.82, 2.24) is 14.5 Å². The van der Waals surface area contributed by atoms with Crippen LogP contribution in [0, 0.1) is 6.92 Å². The molecule has 2 aromatic heterocycles. The molecule has 3 heterocycles. The number of halogens is 1. The van der Waals surface area contributed by atoms with E-state index in [2.05, 4.69) is 54.7 Å². The minimum Gasteiger partial charge on any atom is -0.352 e. The van der Waals surface area contributed by atoms with Crippen LogP contribution < -0.4 is 0 Å². The monoisotopic (exact) mass is 385 g/mol. The molecule has 1 fully saturated rings. The van der Waals surface area contributed by atoms with Crippen LogP contribution in [0.15, 0.2) is 12.4 Å². The number of hydrogen-bond acceptors (Lipinski definition) is 4. The van der Waals surface area contributed by atoms with Crippen molar-refractivity contribution < 1.29 is 8.92 Å². The van der Waals surface area contributed by atoms with Gasteiger partial charge in [-0.1, -0.05) is 32.4 Å². The summed E-state index contributed by atoms with van der Waals surface area (Å²) < 4.78 is 14.9. The summed E-state index contributed by atoms with van der Waals surface area (Å²) in [7, 11) is -1.13. The third kappa shape index (κ3) is 3.68. The lowest BCUT2D eigenvalue weighted by Crippen LogP contribution is -2.28. The highest BCUT2D eigenvalue weighted by Crippen LogP contribution is 2.54. The van der Waals surface area contributed by atoms with E-state index >= 15 is 0 Å². The van der Waals surface area contributed by atoms with Crippen LogP contribution in [0.1, 0.15) is 45.5 Å². The average molecular weight is 386 g/mol. The summed E-state index contributed by atoms with van der Waals surface area (Å²) in [5.74, 6) is 0. The van der Waals surface area contributed by atoms with Gasteiger partial charge in [0.2, 0.25) is 0 Å². The molecule has 0 N–H and O–H groups in total. The number of aryl methyl sites for hydroxylation is 1. The van der Waals surface area contributed by atoms with Crippen molar-refractivity contribution in [1.29, 1.82) is 0 Å². The average Bonchev–Trinajstić information content (AvgIpc) is 3.08. The first kappa shape index (κ1) is 19.0. The van der Waals surface area contributed by atoms with Gasteiger partial charge in [-0.25, -0.2) is 9.97 Å². The largest absolute Gasteiger partial charge is 0.352 e. The molecule has 0 spiro atoms. The van der Waals surface area contributed by atoms with E-state index in [0.29, 0.717) is 11.8 Å². The van der Waals surface area contributed by atoms with Gasteiger partial charge in [0.1, 0.15) is 23.4 Å². The maximum atomic E-state index is 6.29. The lowest BCUT2D eigenvalue weighted by atomic mass is 10.2. The minimum absolute atomic E-state index is 0.0233. The van der Waals surface area contributed by atoms with Gasteiger partial charge >= 0.3 is 0 Å². The summed E-state index contributed by atoms with van der Waals surface area (Å²) in [6, 6.07) is 2.03. The summed E-state index contributed by atoms with van der Waals surface area (Å²) in [6.07, 6.45) is 7.99. The van der Waals surface area contributed by atoms with E-state index in [9.17, 15) is 0 Å². The van der Waals surface area contributed by atoms with E-state index < -0.39 is 10.3 Å². The highest BCUT2D eigenvalue weighted by atomic mass is 35.5. The molecule has 1 aliphatic heterocycles. The quantitative estimate of drug-likeness (QED) is 0.705. The number of hydrogen-bond donors (Lipinski definition) is 0. The number of rotatable bonds is 4. The molecule has 1 saturated heterocycles. The Balaban J connectivity index is 1.72. The first-order chi connectivity index (χ1) is 11.6. The van der Waals surface area contributed by atoms with E-state index in [1.165, 1.54) is 6.33 Å². The highest BCUT2D eigenvalue weighted by molar-refractivity contribution is 8.29. The van der Waals surface area contributed by atoms with Crippen LogP contribution in [0.25, 0.3) is 11.0 Å². The number of ether oxygens (including phenoxy) is 1. The predicted octanol–water partition coefficient (Wildman–Crippen LogP) is 4.87. The zero-order valence-corrected chi connectivity index (χ0v) is 17.4. The smallest absolute Gasteiger partial charge is 0.147 e. The Hall–Kier alpha value is -0.820. The van der Waals surface area contributed by atoms with E-state index in [1.54, 1.807) is 0 Å². The molecular formula is C18H28ClN3O2S. The number of fused-ring (bicyclic) bond motifs is 1. The zero-order chi connectivity index (χ0) is 18.4. The van der Waals surface area contributed by atoms with Crippen LogP contribution in [0.5, 0.6) is 0 Å². The SMILES string of the molecule is Cc1cc2c(Cl)ncnc2n1C1CCC(COS(C)(C)C(C)(C)C)O1. The Kier molecular flexibility index (Phi) is 5.10. The third-order valence-corrected chi connectivity index (χ3v) is 9.15. The van der Waals surface area contributed by atoms with Gasteiger partial charge in [-0.3, -0.25) is 0 Å². The number of nitrogens with zero attached hydrogens (tertiary/aromatic N) is 3. The molecular weight excluding hydrogens is 358 g/mol. The van der Waals surface area contributed by atoms with Gasteiger partial charge in [0.15, 0.2) is 0 Å². The van der Waals surface area contributed by atoms with Crippen LogP contribution in [0.2, 0.25) is 5.15 Å². The van der Waals surface area contributed by atoms with Gasteiger partial charge in [-0.15, -0.1) is 10.3 Å². The third-order valence-electron chi connectivity index (χ3n) is 5.17. The fourth-order valence-electron chi connectivity index (χ4n) is 2.91. The molecule has 0 aromatic carbocycles. The van der Waals surface area contributed by atoms with Crippen LogP contribution in [-0.4, -0.2) is 44.5 Å². The summed E-state index contributed by atoms with van der Waals surface area (Å²) >= 11 is 6.20. The van der Waals surface area contributed by atoms with Crippen molar-refractivity contribution in [3.8, 4) is 0 Å². The van der Waals surface area contributed by atoms with Crippen molar-refractivity contribution in [2.24, 2.45) is 0 Å². The lowest BCUT2D eigenvalue weighted by molar-refractivity contribution is -0.0145. The van der Waals surface area contributed by atoms with Crippen molar-refractivity contribution >= 4 is 32.9 Å². The highest BCUT2D eigenvalue weighted by Gasteiger charge is 2.33. The van der Waals surface area contributed by atoms with Crippen molar-refractivity contribution in [2.45, 2.75) is 57.6 Å². The molecule has 0 aliphatic carbocycles. The normalized spacial score (nSPS) is 22.7. The summed E-state index contributed by atoms with van der Waals surface area (Å²) in [6.45, 7) is 9.40. The Morgan fingerprint density at radius 2 is 2.04 bits per heavy atom. The molecule has 0 amide bonds. The Bertz CT molecular complexity index is 770. The minimum atomic E-state index is -1.13. The summed E-state index contributed by atoms with van der Waals surface area (Å²) in [5.41, 5.74) is 1.93. The molecule has 0 radical (unpaired) electrons. The fourth-order valence-corrected chi connectivity index (χ4v) is 3.94. The second kappa shape index (κ2) is 6.72. The van der Waals surface area contributed by atoms with Crippen molar-refractivity contribution in [3.63, 3.8) is 0 Å². The molecule has 1 aliphatic rings. The molecule has 2 unspecified atom stereocenters. The Labute approximate surface area is 156 Å². The predicted molar refractivity (Wildman–Crippen MR) is 106 cm³/mol. The van der Waals surface area contributed by atoms with Gasteiger partial charge in [0.25, 0.3) is 0 Å². The van der Waals surface area contributed by atoms with E-state index in [0.717, 1.165) is 29.6 Å². The second-order valence-corrected chi connectivity index (χ2v) is 12.3. The van der Waals surface area contributed by atoms with Crippen molar-refractivity contribution in [2.75, 3.05) is 19.1 Å². The second-order valence-electron chi connectivity index (χ2n) is 7.98. The summed E-state index contributed by atoms with van der Waals surface area (Å²) in [4.78, 5) is 8.48. The summed E-state index contributed by atoms with van der Waals surface area (Å²) in [5, 5.41) is 1.36. The maximum Gasteiger partial charge on any atom is 0.147 e. The molecule has 3 rings (SSSR count). The molecule has 5 nitrogen and oxygen atoms in total. The molecule has 0 bridgehead atoms. The number of aromatic nitrogens is 3. The first-order valence-electron chi connectivity index (χ1n) is 8.61. The molecule has 7 heteroatoms.